The lowest BCUT2D eigenvalue weighted by atomic mass is 9.76. The number of anilines is 1. The van der Waals surface area contributed by atoms with Gasteiger partial charge in [0.15, 0.2) is 11.6 Å². The van der Waals surface area contributed by atoms with E-state index in [-0.39, 0.29) is 17.7 Å². The van der Waals surface area contributed by atoms with Gasteiger partial charge in [0.25, 0.3) is 5.91 Å². The summed E-state index contributed by atoms with van der Waals surface area (Å²) in [6, 6.07) is 16.6. The van der Waals surface area contributed by atoms with Crippen LogP contribution < -0.4 is 16.0 Å². The quantitative estimate of drug-likeness (QED) is 0.473. The minimum atomic E-state index is -0.876. The van der Waals surface area contributed by atoms with Crippen LogP contribution in [0.15, 0.2) is 54.6 Å². The van der Waals surface area contributed by atoms with Crippen LogP contribution in [-0.4, -0.2) is 38.6 Å². The number of amides is 4. The van der Waals surface area contributed by atoms with Crippen LogP contribution in [0.2, 0.25) is 0 Å². The molecule has 32 heavy (non-hydrogen) atoms. The van der Waals surface area contributed by atoms with Gasteiger partial charge in [0.05, 0.1) is 5.69 Å². The van der Waals surface area contributed by atoms with E-state index >= 15 is 0 Å². The summed E-state index contributed by atoms with van der Waals surface area (Å²) in [6.07, 6.45) is 1.91. The summed E-state index contributed by atoms with van der Waals surface area (Å²) in [7, 11) is 0. The summed E-state index contributed by atoms with van der Waals surface area (Å²) < 4.78 is 0. The number of aromatic amines is 1. The van der Waals surface area contributed by atoms with Crippen molar-refractivity contribution >= 4 is 23.5 Å². The second-order valence-corrected chi connectivity index (χ2v) is 8.17. The van der Waals surface area contributed by atoms with Crippen LogP contribution in [0.25, 0.3) is 22.8 Å². The van der Waals surface area contributed by atoms with Crippen molar-refractivity contribution in [3.05, 3.63) is 54.6 Å². The number of aromatic nitrogens is 3. The first-order chi connectivity index (χ1) is 15.5. The van der Waals surface area contributed by atoms with E-state index in [1.54, 1.807) is 0 Å². The molecule has 0 atom stereocenters. The number of para-hydroxylation sites is 1. The average molecular weight is 430 g/mol. The Kier molecular flexibility index (Phi) is 4.93. The first-order valence-corrected chi connectivity index (χ1v) is 10.6. The van der Waals surface area contributed by atoms with Gasteiger partial charge in [-0.05, 0) is 37.8 Å². The first-order valence-electron chi connectivity index (χ1n) is 10.6. The Bertz CT molecular complexity index is 1180. The Labute approximate surface area is 184 Å². The number of imide groups is 1. The number of nitrogens with one attached hydrogen (secondary N) is 4. The molecular weight excluding hydrogens is 408 g/mol. The zero-order valence-electron chi connectivity index (χ0n) is 17.2. The summed E-state index contributed by atoms with van der Waals surface area (Å²) in [5, 5.41) is 15.3. The number of carbonyl (C=O) groups excluding carboxylic acids is 3. The number of urea groups is 1. The minimum Gasteiger partial charge on any atom is -0.325 e. The molecule has 4 amide bonds. The Hall–Kier alpha value is -4.01. The molecule has 9 heteroatoms. The van der Waals surface area contributed by atoms with Crippen molar-refractivity contribution in [1.82, 2.24) is 25.8 Å². The van der Waals surface area contributed by atoms with Crippen LogP contribution in [0.4, 0.5) is 10.5 Å². The summed E-state index contributed by atoms with van der Waals surface area (Å²) in [5.74, 6) is 0.489. The number of hydrogen-bond donors (Lipinski definition) is 4. The first kappa shape index (κ1) is 19.9. The molecular formula is C23H22N6O3. The number of benzene rings is 2. The van der Waals surface area contributed by atoms with Crippen molar-refractivity contribution < 1.29 is 14.4 Å². The van der Waals surface area contributed by atoms with Crippen molar-refractivity contribution in [1.29, 1.82) is 0 Å². The van der Waals surface area contributed by atoms with Gasteiger partial charge in [-0.1, -0.05) is 42.5 Å². The molecule has 1 saturated heterocycles. The summed E-state index contributed by atoms with van der Waals surface area (Å²) >= 11 is 0. The number of carbonyl (C=O) groups is 3. The molecule has 1 aliphatic carbocycles. The monoisotopic (exact) mass is 430 g/mol. The number of nitrogens with zero attached hydrogens (tertiary/aromatic N) is 2. The summed E-state index contributed by atoms with van der Waals surface area (Å²) in [5.41, 5.74) is 1.40. The average Bonchev–Trinajstić information content (AvgIpc) is 3.40. The molecule has 2 aliphatic rings. The number of hydrogen-bond acceptors (Lipinski definition) is 5. The number of rotatable bonds is 4. The molecule has 1 saturated carbocycles. The lowest BCUT2D eigenvalue weighted by molar-refractivity contribution is -0.128. The molecule has 9 nitrogen and oxygen atoms in total. The molecule has 0 bridgehead atoms. The highest BCUT2D eigenvalue weighted by molar-refractivity contribution is 6.07. The van der Waals surface area contributed by atoms with Gasteiger partial charge in [0, 0.05) is 17.0 Å². The van der Waals surface area contributed by atoms with Crippen LogP contribution in [0, 0.1) is 5.92 Å². The molecule has 2 fully saturated rings. The van der Waals surface area contributed by atoms with Crippen molar-refractivity contribution in [2.24, 2.45) is 5.92 Å². The minimum absolute atomic E-state index is 0.111. The molecule has 2 aromatic carbocycles. The van der Waals surface area contributed by atoms with Gasteiger partial charge in [-0.25, -0.2) is 9.78 Å². The van der Waals surface area contributed by atoms with Crippen LogP contribution >= 0.6 is 0 Å². The van der Waals surface area contributed by atoms with Crippen LogP contribution in [0.5, 0.6) is 0 Å². The van der Waals surface area contributed by atoms with E-state index in [2.05, 4.69) is 31.1 Å². The standard InChI is InChI=1S/C23H22N6O3/c30-20(15-10-12-23(13-11-15)21(31)26-22(32)27-23)24-17-9-5-4-8-16(17)19-25-18(28-29-19)14-6-2-1-3-7-14/h1-9,15H,10-13H2,(H,24,30)(H,25,28,29)(H2,26,27,31,32). The molecule has 1 spiro atoms. The third-order valence-electron chi connectivity index (χ3n) is 6.18. The topological polar surface area (TPSA) is 129 Å². The van der Waals surface area contributed by atoms with E-state index in [1.165, 1.54) is 0 Å². The van der Waals surface area contributed by atoms with Gasteiger partial charge in [-0.2, -0.15) is 5.10 Å². The predicted octanol–water partition coefficient (Wildman–Crippen LogP) is 2.85. The normalized spacial score (nSPS) is 22.4. The highest BCUT2D eigenvalue weighted by Crippen LogP contribution is 2.35. The van der Waals surface area contributed by atoms with Gasteiger partial charge < -0.3 is 10.6 Å². The van der Waals surface area contributed by atoms with Gasteiger partial charge in [0.1, 0.15) is 5.54 Å². The lowest BCUT2D eigenvalue weighted by Crippen LogP contribution is -2.50. The molecule has 3 aromatic rings. The molecule has 4 N–H and O–H groups in total. The maximum Gasteiger partial charge on any atom is 0.322 e. The second-order valence-electron chi connectivity index (χ2n) is 8.17. The van der Waals surface area contributed by atoms with Gasteiger partial charge in [-0.3, -0.25) is 20.0 Å². The molecule has 0 unspecified atom stereocenters. The predicted molar refractivity (Wildman–Crippen MR) is 117 cm³/mol. The fourth-order valence-electron chi connectivity index (χ4n) is 4.38. The van der Waals surface area contributed by atoms with E-state index in [1.807, 2.05) is 54.6 Å². The third-order valence-corrected chi connectivity index (χ3v) is 6.18. The molecule has 2 heterocycles. The Morgan fingerprint density at radius 1 is 1.00 bits per heavy atom. The SMILES string of the molecule is O=C1NC(=O)C2(CCC(C(=O)Nc3ccccc3-c3nc(-c4ccccc4)n[nH]3)CC2)N1. The second kappa shape index (κ2) is 7.92. The Balaban J connectivity index is 1.30. The van der Waals surface area contributed by atoms with Gasteiger partial charge in [0.2, 0.25) is 5.91 Å². The fraction of sp³-hybridized carbons (Fsp3) is 0.261. The van der Waals surface area contributed by atoms with Gasteiger partial charge in [-0.15, -0.1) is 0 Å². The Morgan fingerprint density at radius 2 is 1.72 bits per heavy atom. The van der Waals surface area contributed by atoms with Crippen molar-refractivity contribution in [3.63, 3.8) is 0 Å². The zero-order valence-corrected chi connectivity index (χ0v) is 17.2. The number of H-pyrrole nitrogens is 1. The highest BCUT2D eigenvalue weighted by Gasteiger charge is 2.48. The van der Waals surface area contributed by atoms with E-state index in [4.69, 9.17) is 0 Å². The molecule has 0 radical (unpaired) electrons. The van der Waals surface area contributed by atoms with E-state index in [0.717, 1.165) is 11.1 Å². The van der Waals surface area contributed by atoms with Crippen LogP contribution in [-0.2, 0) is 9.59 Å². The van der Waals surface area contributed by atoms with Crippen LogP contribution in [0.1, 0.15) is 25.7 Å². The Morgan fingerprint density at radius 3 is 2.44 bits per heavy atom. The molecule has 1 aromatic heterocycles. The fourth-order valence-corrected chi connectivity index (χ4v) is 4.38. The van der Waals surface area contributed by atoms with E-state index in [0.29, 0.717) is 43.0 Å². The van der Waals surface area contributed by atoms with Gasteiger partial charge >= 0.3 is 6.03 Å². The maximum atomic E-state index is 13.0. The molecule has 162 valence electrons. The van der Waals surface area contributed by atoms with Crippen molar-refractivity contribution in [3.8, 4) is 22.8 Å². The maximum absolute atomic E-state index is 13.0. The summed E-state index contributed by atoms with van der Waals surface area (Å²) in [6.45, 7) is 0. The van der Waals surface area contributed by atoms with Crippen molar-refractivity contribution in [2.75, 3.05) is 5.32 Å². The third kappa shape index (κ3) is 3.62. The highest BCUT2D eigenvalue weighted by atomic mass is 16.2. The zero-order chi connectivity index (χ0) is 22.1. The smallest absolute Gasteiger partial charge is 0.322 e. The lowest BCUT2D eigenvalue weighted by Gasteiger charge is -2.33. The largest absolute Gasteiger partial charge is 0.325 e. The van der Waals surface area contributed by atoms with E-state index < -0.39 is 11.6 Å². The van der Waals surface area contributed by atoms with Crippen molar-refractivity contribution in [2.45, 2.75) is 31.2 Å². The molecule has 1 aliphatic heterocycles. The molecule has 5 rings (SSSR count). The summed E-state index contributed by atoms with van der Waals surface area (Å²) in [4.78, 5) is 41.2. The van der Waals surface area contributed by atoms with Crippen LogP contribution in [0.3, 0.4) is 0 Å². The van der Waals surface area contributed by atoms with E-state index in [9.17, 15) is 14.4 Å².